The van der Waals surface area contributed by atoms with Gasteiger partial charge in [0.05, 0.1) is 18.7 Å². The third-order valence-electron chi connectivity index (χ3n) is 10.3. The lowest BCUT2D eigenvalue weighted by molar-refractivity contribution is -0.600. The quantitative estimate of drug-likeness (QED) is 0.0981. The summed E-state index contributed by atoms with van der Waals surface area (Å²) in [4.78, 5) is 38.1. The molecular formula is C44H55N2O5+. The van der Waals surface area contributed by atoms with Crippen molar-refractivity contribution in [2.75, 3.05) is 25.0 Å². The summed E-state index contributed by atoms with van der Waals surface area (Å²) >= 11 is 0. The number of hydrogen-bond acceptors (Lipinski definition) is 6. The molecular weight excluding hydrogens is 636 g/mol. The van der Waals surface area contributed by atoms with Crippen molar-refractivity contribution in [3.8, 4) is 5.75 Å². The molecule has 0 amide bonds. The summed E-state index contributed by atoms with van der Waals surface area (Å²) in [6.45, 7) is 14.1. The summed E-state index contributed by atoms with van der Waals surface area (Å²) in [5.74, 6) is 0.500. The van der Waals surface area contributed by atoms with Crippen molar-refractivity contribution in [2.24, 2.45) is 0 Å². The van der Waals surface area contributed by atoms with Crippen LogP contribution in [0, 0.1) is 6.92 Å². The highest BCUT2D eigenvalue weighted by Gasteiger charge is 2.33. The Balaban J connectivity index is 1.16. The van der Waals surface area contributed by atoms with Gasteiger partial charge in [0.1, 0.15) is 17.6 Å². The van der Waals surface area contributed by atoms with Crippen LogP contribution >= 0.6 is 0 Å². The summed E-state index contributed by atoms with van der Waals surface area (Å²) in [5, 5.41) is 5.69. The van der Waals surface area contributed by atoms with Gasteiger partial charge in [-0.3, -0.25) is 9.59 Å². The van der Waals surface area contributed by atoms with E-state index in [-0.39, 0.29) is 23.6 Å². The summed E-state index contributed by atoms with van der Waals surface area (Å²) < 4.78 is 12.5. The molecule has 0 bridgehead atoms. The van der Waals surface area contributed by atoms with Gasteiger partial charge in [-0.15, -0.1) is 0 Å². The Bertz CT molecular complexity index is 1820. The molecule has 0 saturated carbocycles. The number of carbonyl (C=O) groups is 3. The van der Waals surface area contributed by atoms with Crippen LogP contribution in [-0.4, -0.2) is 43.3 Å². The number of anilines is 1. The second-order valence-corrected chi connectivity index (χ2v) is 14.0. The molecule has 0 saturated heterocycles. The molecule has 1 aliphatic heterocycles. The fourth-order valence-corrected chi connectivity index (χ4v) is 7.21. The molecule has 2 aromatic carbocycles. The molecule has 0 spiro atoms. The molecule has 0 radical (unpaired) electrons. The SMILES string of the molecule is CCNc1cc2c(cc1C)C(c1ccccc1C(=O)OCCCCCCCCCCC1=CC(=O)C(C)=C(C)C1=O)=C1C=C(C)C([NH2+]CC)=CC1O2. The Morgan fingerprint density at radius 3 is 2.29 bits per heavy atom. The van der Waals surface area contributed by atoms with Crippen LogP contribution < -0.4 is 15.4 Å². The number of benzene rings is 2. The number of rotatable bonds is 17. The van der Waals surface area contributed by atoms with Crippen LogP contribution in [0.4, 0.5) is 5.69 Å². The molecule has 270 valence electrons. The molecule has 2 aromatic rings. The van der Waals surface area contributed by atoms with Gasteiger partial charge < -0.3 is 20.1 Å². The highest BCUT2D eigenvalue weighted by molar-refractivity contribution is 6.22. The molecule has 7 heteroatoms. The number of nitrogens with two attached hydrogens (primary N) is 1. The van der Waals surface area contributed by atoms with Crippen molar-refractivity contribution < 1.29 is 29.2 Å². The number of esters is 1. The lowest BCUT2D eigenvalue weighted by atomic mass is 9.82. The zero-order chi connectivity index (χ0) is 36.5. The Labute approximate surface area is 304 Å². The summed E-state index contributed by atoms with van der Waals surface area (Å²) in [6, 6.07) is 12.1. The lowest BCUT2D eigenvalue weighted by Crippen LogP contribution is -2.82. The van der Waals surface area contributed by atoms with Crippen LogP contribution in [0.25, 0.3) is 5.57 Å². The Morgan fingerprint density at radius 1 is 0.863 bits per heavy atom. The zero-order valence-corrected chi connectivity index (χ0v) is 31.4. The van der Waals surface area contributed by atoms with Gasteiger partial charge in [0.2, 0.25) is 0 Å². The van der Waals surface area contributed by atoms with Gasteiger partial charge in [0.15, 0.2) is 11.6 Å². The molecule has 0 aromatic heterocycles. The monoisotopic (exact) mass is 691 g/mol. The van der Waals surface area contributed by atoms with E-state index in [1.165, 1.54) is 17.3 Å². The Morgan fingerprint density at radius 2 is 1.57 bits per heavy atom. The molecule has 2 aliphatic carbocycles. The minimum Gasteiger partial charge on any atom is -0.481 e. The van der Waals surface area contributed by atoms with E-state index in [0.717, 1.165) is 104 Å². The molecule has 1 heterocycles. The van der Waals surface area contributed by atoms with E-state index in [1.54, 1.807) is 13.8 Å². The number of unbranched alkanes of at least 4 members (excludes halogenated alkanes) is 7. The average molecular weight is 692 g/mol. The van der Waals surface area contributed by atoms with Crippen molar-refractivity contribution in [2.45, 2.75) is 105 Å². The van der Waals surface area contributed by atoms with Gasteiger partial charge in [0, 0.05) is 63.4 Å². The highest BCUT2D eigenvalue weighted by Crippen LogP contribution is 2.45. The van der Waals surface area contributed by atoms with Crippen molar-refractivity contribution in [3.63, 3.8) is 0 Å². The van der Waals surface area contributed by atoms with E-state index in [1.807, 2.05) is 24.3 Å². The molecule has 5 rings (SSSR count). The van der Waals surface area contributed by atoms with E-state index >= 15 is 0 Å². The van der Waals surface area contributed by atoms with Gasteiger partial charge in [-0.25, -0.2) is 4.79 Å². The van der Waals surface area contributed by atoms with Gasteiger partial charge in [0.25, 0.3) is 0 Å². The third kappa shape index (κ3) is 8.88. The molecule has 51 heavy (non-hydrogen) atoms. The van der Waals surface area contributed by atoms with Crippen LogP contribution in [0.1, 0.15) is 119 Å². The van der Waals surface area contributed by atoms with E-state index in [9.17, 15) is 14.4 Å². The number of Topliss-reactive ketones (excluding diaryl/α,β-unsaturated/α-hetero) is 1. The van der Waals surface area contributed by atoms with Crippen molar-refractivity contribution in [1.82, 2.24) is 0 Å². The van der Waals surface area contributed by atoms with E-state index in [4.69, 9.17) is 9.47 Å². The summed E-state index contributed by atoms with van der Waals surface area (Å²) in [7, 11) is 0. The number of allylic oxidation sites excluding steroid dienone is 5. The number of carbonyl (C=O) groups excluding carboxylic acids is 3. The normalized spacial score (nSPS) is 17.0. The maximum Gasteiger partial charge on any atom is 0.338 e. The number of aryl methyl sites for hydroxylation is 1. The second-order valence-electron chi connectivity index (χ2n) is 14.0. The number of ketones is 2. The van der Waals surface area contributed by atoms with Gasteiger partial charge in [-0.05, 0) is 96.2 Å². The predicted octanol–water partition coefficient (Wildman–Crippen LogP) is 8.50. The van der Waals surface area contributed by atoms with Gasteiger partial charge in [-0.2, -0.15) is 0 Å². The van der Waals surface area contributed by atoms with Crippen LogP contribution in [0.3, 0.4) is 0 Å². The smallest absolute Gasteiger partial charge is 0.338 e. The molecule has 1 atom stereocenters. The van der Waals surface area contributed by atoms with Crippen molar-refractivity contribution in [1.29, 1.82) is 0 Å². The fourth-order valence-electron chi connectivity index (χ4n) is 7.21. The maximum absolute atomic E-state index is 13.6. The number of quaternary nitrogens is 1. The number of fused-ring (bicyclic) bond motifs is 2. The first-order valence-electron chi connectivity index (χ1n) is 18.9. The topological polar surface area (TPSA) is 98.3 Å². The van der Waals surface area contributed by atoms with Crippen LogP contribution in [0.15, 0.2) is 88.2 Å². The van der Waals surface area contributed by atoms with E-state index in [2.05, 4.69) is 62.6 Å². The first-order valence-corrected chi connectivity index (χ1v) is 18.9. The van der Waals surface area contributed by atoms with E-state index in [0.29, 0.717) is 35.3 Å². The van der Waals surface area contributed by atoms with Crippen LogP contribution in [-0.2, 0) is 14.3 Å². The minimum atomic E-state index is -0.301. The Hall–Kier alpha value is -4.49. The van der Waals surface area contributed by atoms with Crippen molar-refractivity contribution in [3.05, 3.63) is 110 Å². The number of likely N-dealkylation sites (N-methyl/N-ethyl adjacent to an activating group) is 1. The Kier molecular flexibility index (Phi) is 13.1. The molecule has 3 N–H and O–H groups in total. The lowest BCUT2D eigenvalue weighted by Gasteiger charge is -2.32. The average Bonchev–Trinajstić information content (AvgIpc) is 3.12. The number of hydrogen-bond donors (Lipinski definition) is 2. The first kappa shape index (κ1) is 37.8. The zero-order valence-electron chi connectivity index (χ0n) is 31.4. The summed E-state index contributed by atoms with van der Waals surface area (Å²) in [5.41, 5.74) is 10.8. The number of nitrogens with one attached hydrogen (secondary N) is 1. The molecule has 0 fully saturated rings. The fraction of sp³-hybridized carbons (Fsp3) is 0.432. The van der Waals surface area contributed by atoms with Crippen LogP contribution in [0.2, 0.25) is 0 Å². The molecule has 7 nitrogen and oxygen atoms in total. The predicted molar refractivity (Wildman–Crippen MR) is 205 cm³/mol. The molecule has 1 unspecified atom stereocenters. The maximum atomic E-state index is 13.6. The standard InChI is InChI=1S/C44H54N2O5/c1-7-45-37-26-40-35(23-28(37)3)42(36-24-29(4)38(46-8-2)27-41(36)51-40)33-20-16-17-21-34(33)44(49)50-22-18-14-12-10-9-11-13-15-19-32-25-39(47)30(5)31(6)43(32)48/h16-17,20-21,23-27,40,45-46H,7-15,18-19,22H2,1-6H3/p+1. The second kappa shape index (κ2) is 17.6. The van der Waals surface area contributed by atoms with Gasteiger partial charge in [-0.1, -0.05) is 56.7 Å². The van der Waals surface area contributed by atoms with Crippen molar-refractivity contribution >= 4 is 28.8 Å². The number of ether oxygens (including phenoxy) is 2. The van der Waals surface area contributed by atoms with Crippen LogP contribution in [0.5, 0.6) is 5.75 Å². The molecule has 3 aliphatic rings. The van der Waals surface area contributed by atoms with Gasteiger partial charge >= 0.3 is 5.97 Å². The third-order valence-corrected chi connectivity index (χ3v) is 10.3. The largest absolute Gasteiger partial charge is 0.481 e. The summed E-state index contributed by atoms with van der Waals surface area (Å²) in [6.07, 6.45) is 14.6. The van der Waals surface area contributed by atoms with E-state index < -0.39 is 0 Å². The minimum absolute atomic E-state index is 0.0268. The highest BCUT2D eigenvalue weighted by atomic mass is 16.5. The first-order chi connectivity index (χ1) is 24.6.